The lowest BCUT2D eigenvalue weighted by Gasteiger charge is -2.17. The molecule has 3 aromatic carbocycles. The van der Waals surface area contributed by atoms with Gasteiger partial charge in [-0.05, 0) is 30.3 Å². The number of benzene rings is 3. The number of rotatable bonds is 4. The van der Waals surface area contributed by atoms with Gasteiger partial charge in [-0.1, -0.05) is 48.5 Å². The molecule has 152 valence electrons. The van der Waals surface area contributed by atoms with Crippen LogP contribution in [0, 0.1) is 0 Å². The molecule has 0 radical (unpaired) electrons. The van der Waals surface area contributed by atoms with Crippen LogP contribution in [0.3, 0.4) is 0 Å². The number of hydrogen-bond donors (Lipinski definition) is 0. The molecule has 1 amide bonds. The van der Waals surface area contributed by atoms with E-state index in [0.29, 0.717) is 23.0 Å². The highest BCUT2D eigenvalue weighted by molar-refractivity contribution is 7.18. The summed E-state index contributed by atoms with van der Waals surface area (Å²) in [5.41, 5.74) is 1.51. The van der Waals surface area contributed by atoms with Crippen molar-refractivity contribution in [2.75, 3.05) is 7.05 Å². The topological polar surface area (TPSA) is 68.1 Å². The van der Waals surface area contributed by atoms with E-state index < -0.39 is 0 Å². The molecule has 0 saturated heterocycles. The number of amides is 1. The molecule has 0 aliphatic heterocycles. The molecule has 0 spiro atoms. The molecule has 7 heteroatoms. The van der Waals surface area contributed by atoms with Crippen molar-refractivity contribution < 1.29 is 4.79 Å². The molecule has 2 aromatic heterocycles. The van der Waals surface area contributed by atoms with Gasteiger partial charge in [0.25, 0.3) is 11.5 Å². The minimum absolute atomic E-state index is 0.239. The van der Waals surface area contributed by atoms with Crippen LogP contribution in [0.25, 0.3) is 26.7 Å². The predicted molar refractivity (Wildman–Crippen MR) is 123 cm³/mol. The van der Waals surface area contributed by atoms with Crippen LogP contribution in [0.5, 0.6) is 0 Å². The Balaban J connectivity index is 1.57. The normalized spacial score (nSPS) is 11.1. The summed E-state index contributed by atoms with van der Waals surface area (Å²) in [7, 11) is 1.73. The second kappa shape index (κ2) is 7.77. The molecule has 0 bridgehead atoms. The average molecular weight is 427 g/mol. The zero-order valence-electron chi connectivity index (χ0n) is 16.7. The highest BCUT2D eigenvalue weighted by atomic mass is 32.1. The highest BCUT2D eigenvalue weighted by Gasteiger charge is 2.21. The van der Waals surface area contributed by atoms with E-state index >= 15 is 0 Å². The van der Waals surface area contributed by atoms with Crippen LogP contribution in [-0.4, -0.2) is 32.6 Å². The maximum atomic E-state index is 13.4. The Kier molecular flexibility index (Phi) is 4.80. The second-order valence-corrected chi connectivity index (χ2v) is 8.30. The largest absolute Gasteiger partial charge is 0.334 e. The van der Waals surface area contributed by atoms with Crippen molar-refractivity contribution in [3.63, 3.8) is 0 Å². The standard InChI is InChI=1S/C24H18N4O2S/c1-27(15-21-25-19-13-7-8-14-20(19)31-21)24(30)22-17-11-5-6-12-18(17)23(29)28(26-22)16-9-3-2-4-10-16/h2-14H,15H2,1H3. The van der Waals surface area contributed by atoms with Gasteiger partial charge in [-0.2, -0.15) is 9.78 Å². The van der Waals surface area contributed by atoms with Gasteiger partial charge in [0.05, 0.1) is 27.8 Å². The van der Waals surface area contributed by atoms with Crippen molar-refractivity contribution >= 4 is 38.2 Å². The molecule has 0 unspecified atom stereocenters. The molecule has 31 heavy (non-hydrogen) atoms. The first-order valence-corrected chi connectivity index (χ1v) is 10.6. The van der Waals surface area contributed by atoms with Gasteiger partial charge >= 0.3 is 0 Å². The fraction of sp³-hybridized carbons (Fsp3) is 0.0833. The zero-order valence-corrected chi connectivity index (χ0v) is 17.5. The lowest BCUT2D eigenvalue weighted by Crippen LogP contribution is -2.31. The van der Waals surface area contributed by atoms with Crippen molar-refractivity contribution in [3.8, 4) is 5.69 Å². The molecule has 5 aromatic rings. The van der Waals surface area contributed by atoms with E-state index in [9.17, 15) is 9.59 Å². The van der Waals surface area contributed by atoms with E-state index in [0.717, 1.165) is 15.2 Å². The fourth-order valence-electron chi connectivity index (χ4n) is 3.53. The van der Waals surface area contributed by atoms with Crippen LogP contribution >= 0.6 is 11.3 Å². The van der Waals surface area contributed by atoms with Gasteiger partial charge in [0.1, 0.15) is 5.01 Å². The van der Waals surface area contributed by atoms with E-state index in [1.54, 1.807) is 59.7 Å². The molecule has 0 aliphatic rings. The molecule has 2 heterocycles. The summed E-state index contributed by atoms with van der Waals surface area (Å²) >= 11 is 1.56. The van der Waals surface area contributed by atoms with Gasteiger partial charge in [-0.25, -0.2) is 4.98 Å². The van der Waals surface area contributed by atoms with Gasteiger partial charge < -0.3 is 4.90 Å². The van der Waals surface area contributed by atoms with Crippen molar-refractivity contribution in [1.29, 1.82) is 0 Å². The Labute approximate surface area is 182 Å². The number of fused-ring (bicyclic) bond motifs is 2. The summed E-state index contributed by atoms with van der Waals surface area (Å²) in [6.45, 7) is 0.360. The second-order valence-electron chi connectivity index (χ2n) is 7.18. The summed E-state index contributed by atoms with van der Waals surface area (Å²) in [4.78, 5) is 32.6. The third-order valence-corrected chi connectivity index (χ3v) is 6.09. The van der Waals surface area contributed by atoms with Crippen molar-refractivity contribution in [2.45, 2.75) is 6.54 Å². The first kappa shape index (κ1) is 19.1. The average Bonchev–Trinajstić information content (AvgIpc) is 3.22. The molecule has 5 rings (SSSR count). The summed E-state index contributed by atoms with van der Waals surface area (Å²) in [6.07, 6.45) is 0. The summed E-state index contributed by atoms with van der Waals surface area (Å²) < 4.78 is 2.38. The Morgan fingerprint density at radius 3 is 2.39 bits per heavy atom. The van der Waals surface area contributed by atoms with E-state index in [1.165, 1.54) is 4.68 Å². The number of aromatic nitrogens is 3. The quantitative estimate of drug-likeness (QED) is 0.430. The molecule has 0 aliphatic carbocycles. The van der Waals surface area contributed by atoms with Crippen LogP contribution in [0.4, 0.5) is 0 Å². The van der Waals surface area contributed by atoms with Gasteiger partial charge in [0, 0.05) is 12.4 Å². The van der Waals surface area contributed by atoms with Crippen LogP contribution in [0.15, 0.2) is 83.7 Å². The fourth-order valence-corrected chi connectivity index (χ4v) is 4.56. The van der Waals surface area contributed by atoms with E-state index in [1.807, 2.05) is 42.5 Å². The lowest BCUT2D eigenvalue weighted by atomic mass is 10.1. The minimum Gasteiger partial charge on any atom is -0.334 e. The Hall–Kier alpha value is -3.84. The number of thiazole rings is 1. The predicted octanol–water partition coefficient (Wildman–Crippen LogP) is 4.27. The van der Waals surface area contributed by atoms with Crippen LogP contribution in [0.2, 0.25) is 0 Å². The van der Waals surface area contributed by atoms with Crippen LogP contribution in [0.1, 0.15) is 15.5 Å². The molecule has 0 atom stereocenters. The number of para-hydroxylation sites is 2. The maximum absolute atomic E-state index is 13.4. The highest BCUT2D eigenvalue weighted by Crippen LogP contribution is 2.23. The molecular formula is C24H18N4O2S. The third-order valence-electron chi connectivity index (χ3n) is 5.07. The number of carbonyl (C=O) groups is 1. The summed E-state index contributed by atoms with van der Waals surface area (Å²) in [5.74, 6) is -0.264. The van der Waals surface area contributed by atoms with Gasteiger partial charge in [-0.3, -0.25) is 9.59 Å². The van der Waals surface area contributed by atoms with E-state index in [4.69, 9.17) is 0 Å². The van der Waals surface area contributed by atoms with Crippen molar-refractivity contribution in [1.82, 2.24) is 19.7 Å². The molecule has 6 nitrogen and oxygen atoms in total. The first-order chi connectivity index (χ1) is 15.1. The Morgan fingerprint density at radius 1 is 0.935 bits per heavy atom. The smallest absolute Gasteiger partial charge is 0.279 e. The molecular weight excluding hydrogens is 408 g/mol. The number of nitrogens with zero attached hydrogens (tertiary/aromatic N) is 4. The van der Waals surface area contributed by atoms with Gasteiger partial charge in [0.2, 0.25) is 0 Å². The van der Waals surface area contributed by atoms with Crippen molar-refractivity contribution in [2.24, 2.45) is 0 Å². The lowest BCUT2D eigenvalue weighted by molar-refractivity contribution is 0.0779. The summed E-state index contributed by atoms with van der Waals surface area (Å²) in [6, 6.07) is 24.1. The van der Waals surface area contributed by atoms with E-state index in [2.05, 4.69) is 10.1 Å². The third kappa shape index (κ3) is 3.49. The number of hydrogen-bond acceptors (Lipinski definition) is 5. The minimum atomic E-state index is -0.264. The maximum Gasteiger partial charge on any atom is 0.279 e. The molecule has 0 fully saturated rings. The van der Waals surface area contributed by atoms with E-state index in [-0.39, 0.29) is 17.2 Å². The molecule has 0 N–H and O–H groups in total. The van der Waals surface area contributed by atoms with Gasteiger partial charge in [-0.15, -0.1) is 11.3 Å². The van der Waals surface area contributed by atoms with Gasteiger partial charge in [0.15, 0.2) is 5.69 Å². The monoisotopic (exact) mass is 426 g/mol. The van der Waals surface area contributed by atoms with Crippen LogP contribution < -0.4 is 5.56 Å². The first-order valence-electron chi connectivity index (χ1n) is 9.79. The zero-order chi connectivity index (χ0) is 21.4. The molecule has 0 saturated carbocycles. The Bertz CT molecular complexity index is 1440. The number of carbonyl (C=O) groups excluding carboxylic acids is 1. The SMILES string of the molecule is CN(Cc1nc2ccccc2s1)C(=O)c1nn(-c2ccccc2)c(=O)c2ccccc12. The van der Waals surface area contributed by atoms with Crippen LogP contribution in [-0.2, 0) is 6.54 Å². The Morgan fingerprint density at radius 2 is 1.61 bits per heavy atom. The summed E-state index contributed by atoms with van der Waals surface area (Å²) in [5, 5.41) is 6.32. The van der Waals surface area contributed by atoms with Crippen molar-refractivity contribution in [3.05, 3.63) is 99.9 Å².